The lowest BCUT2D eigenvalue weighted by atomic mass is 9.99. The Morgan fingerprint density at radius 3 is 2.80 bits per heavy atom. The predicted molar refractivity (Wildman–Crippen MR) is 119 cm³/mol. The average Bonchev–Trinajstić information content (AvgIpc) is 3.09. The minimum Gasteiger partial charge on any atom is -0.426 e. The van der Waals surface area contributed by atoms with E-state index in [0.29, 0.717) is 21.9 Å². The van der Waals surface area contributed by atoms with Gasteiger partial charge in [-0.15, -0.1) is 11.3 Å². The molecule has 3 rings (SSSR count). The number of ether oxygens (including phenoxy) is 1. The maximum Gasteiger partial charge on any atom is 0.506 e. The molecule has 3 aromatic rings. The monoisotopic (exact) mass is 462 g/mol. The molecule has 2 N–H and O–H groups in total. The Kier molecular flexibility index (Phi) is 7.34. The van der Waals surface area contributed by atoms with Gasteiger partial charge in [0.1, 0.15) is 11.7 Å². The summed E-state index contributed by atoms with van der Waals surface area (Å²) in [4.78, 5) is 33.5. The number of hydrogen-bond donors (Lipinski definition) is 2. The second-order valence-electron chi connectivity index (χ2n) is 6.39. The third-order valence-electron chi connectivity index (χ3n) is 4.26. The van der Waals surface area contributed by atoms with Gasteiger partial charge in [-0.1, -0.05) is 29.8 Å². The number of hydrogen-bond acceptors (Lipinski definition) is 5. The SMILES string of the molecule is CC(=O)Oc1ccccc1/C=C/NC(=O)C(C[P+](=O)O)c1csc2ccc(Cl)cc12. The fourth-order valence-corrected chi connectivity index (χ4v) is 4.79. The highest BCUT2D eigenvalue weighted by Gasteiger charge is 2.31. The molecule has 2 atom stereocenters. The zero-order valence-electron chi connectivity index (χ0n) is 15.9. The molecule has 0 aliphatic heterocycles. The lowest BCUT2D eigenvalue weighted by molar-refractivity contribution is -0.131. The van der Waals surface area contributed by atoms with Crippen LogP contribution in [-0.2, 0) is 14.2 Å². The fourth-order valence-electron chi connectivity index (χ4n) is 2.95. The van der Waals surface area contributed by atoms with E-state index in [4.69, 9.17) is 16.3 Å². The smallest absolute Gasteiger partial charge is 0.426 e. The van der Waals surface area contributed by atoms with Gasteiger partial charge in [0.05, 0.1) is 0 Å². The number of halogens is 1. The summed E-state index contributed by atoms with van der Waals surface area (Å²) in [5.74, 6) is -1.33. The molecule has 2 unspecified atom stereocenters. The summed E-state index contributed by atoms with van der Waals surface area (Å²) >= 11 is 7.53. The van der Waals surface area contributed by atoms with E-state index in [1.54, 1.807) is 42.5 Å². The van der Waals surface area contributed by atoms with Gasteiger partial charge in [-0.3, -0.25) is 9.59 Å². The summed E-state index contributed by atoms with van der Waals surface area (Å²) in [7, 11) is -2.53. The summed E-state index contributed by atoms with van der Waals surface area (Å²) < 4.78 is 17.6. The first-order valence-electron chi connectivity index (χ1n) is 8.89. The van der Waals surface area contributed by atoms with E-state index in [9.17, 15) is 19.0 Å². The van der Waals surface area contributed by atoms with Crippen molar-refractivity contribution in [2.45, 2.75) is 12.8 Å². The van der Waals surface area contributed by atoms with E-state index in [0.717, 1.165) is 10.1 Å². The van der Waals surface area contributed by atoms with Crippen LogP contribution in [0.25, 0.3) is 16.2 Å². The average molecular weight is 463 g/mol. The van der Waals surface area contributed by atoms with Crippen molar-refractivity contribution in [3.05, 3.63) is 70.2 Å². The van der Waals surface area contributed by atoms with Crippen LogP contribution in [0.3, 0.4) is 0 Å². The highest BCUT2D eigenvalue weighted by atomic mass is 35.5. The zero-order chi connectivity index (χ0) is 21.7. The maximum absolute atomic E-state index is 12.8. The van der Waals surface area contributed by atoms with Crippen molar-refractivity contribution in [1.82, 2.24) is 5.32 Å². The molecule has 0 saturated carbocycles. The second-order valence-corrected chi connectivity index (χ2v) is 8.81. The first kappa shape index (κ1) is 22.1. The van der Waals surface area contributed by atoms with Crippen molar-refractivity contribution >= 4 is 59.0 Å². The number of esters is 1. The van der Waals surface area contributed by atoms with Crippen LogP contribution in [0.5, 0.6) is 5.75 Å². The van der Waals surface area contributed by atoms with E-state index in [1.165, 1.54) is 24.5 Å². The van der Waals surface area contributed by atoms with Crippen LogP contribution in [0.2, 0.25) is 5.02 Å². The molecule has 9 heteroatoms. The molecule has 2 aromatic carbocycles. The van der Waals surface area contributed by atoms with Gasteiger partial charge in [0.15, 0.2) is 6.16 Å². The minimum absolute atomic E-state index is 0.211. The molecule has 0 saturated heterocycles. The Labute approximate surface area is 183 Å². The van der Waals surface area contributed by atoms with Gasteiger partial charge in [-0.05, 0) is 51.2 Å². The molecule has 6 nitrogen and oxygen atoms in total. The molecule has 1 heterocycles. The van der Waals surface area contributed by atoms with Crippen molar-refractivity contribution in [1.29, 1.82) is 0 Å². The second kappa shape index (κ2) is 9.96. The molecule has 1 amide bonds. The highest BCUT2D eigenvalue weighted by Crippen LogP contribution is 2.36. The third kappa shape index (κ3) is 5.52. The van der Waals surface area contributed by atoms with E-state index in [1.807, 2.05) is 11.4 Å². The maximum atomic E-state index is 12.8. The number of amides is 1. The zero-order valence-corrected chi connectivity index (χ0v) is 18.3. The van der Waals surface area contributed by atoms with Crippen molar-refractivity contribution in [3.8, 4) is 5.75 Å². The Morgan fingerprint density at radius 1 is 1.30 bits per heavy atom. The number of rotatable bonds is 7. The molecule has 0 spiro atoms. The van der Waals surface area contributed by atoms with Gasteiger partial charge >= 0.3 is 14.0 Å². The van der Waals surface area contributed by atoms with Crippen molar-refractivity contribution < 1.29 is 23.8 Å². The number of nitrogens with one attached hydrogen (secondary N) is 1. The van der Waals surface area contributed by atoms with Crippen LogP contribution in [0.1, 0.15) is 24.0 Å². The summed E-state index contributed by atoms with van der Waals surface area (Å²) in [6.45, 7) is 1.31. The highest BCUT2D eigenvalue weighted by molar-refractivity contribution is 7.38. The minimum atomic E-state index is -2.53. The third-order valence-corrected chi connectivity index (χ3v) is 6.15. The molecule has 0 bridgehead atoms. The molecule has 0 aliphatic carbocycles. The molecule has 154 valence electrons. The number of carbonyl (C=O) groups is 2. The van der Waals surface area contributed by atoms with E-state index < -0.39 is 25.8 Å². The Morgan fingerprint density at radius 2 is 2.07 bits per heavy atom. The van der Waals surface area contributed by atoms with E-state index >= 15 is 0 Å². The Hall–Kier alpha value is -2.57. The van der Waals surface area contributed by atoms with Crippen molar-refractivity contribution in [2.75, 3.05) is 6.16 Å². The number of thiophene rings is 1. The van der Waals surface area contributed by atoms with Crippen LogP contribution in [0.15, 0.2) is 54.0 Å². The standard InChI is InChI=1S/C21H17ClNO5PS/c1-13(24)28-19-5-3-2-4-14(19)8-9-23-21(25)17(11-29(26)27)18-12-30-20-7-6-15(22)10-16(18)20/h2-10,12,17H,11H2,1H3,(H-,23,25,26,27)/p+1/b9-8+. The molecular formula is C21H18ClNO5PS+. The number of benzene rings is 2. The molecule has 0 radical (unpaired) electrons. The molecular weight excluding hydrogens is 445 g/mol. The van der Waals surface area contributed by atoms with Gasteiger partial charge in [-0.25, -0.2) is 0 Å². The van der Waals surface area contributed by atoms with Crippen molar-refractivity contribution in [2.24, 2.45) is 0 Å². The summed E-state index contributed by atoms with van der Waals surface area (Å²) in [5.41, 5.74) is 1.26. The van der Waals surface area contributed by atoms with Crippen molar-refractivity contribution in [3.63, 3.8) is 0 Å². The van der Waals surface area contributed by atoms with E-state index in [-0.39, 0.29) is 6.16 Å². The fraction of sp³-hybridized carbons (Fsp3) is 0.143. The van der Waals surface area contributed by atoms with Gasteiger partial charge in [0, 0.05) is 28.4 Å². The lowest BCUT2D eigenvalue weighted by Crippen LogP contribution is -2.26. The predicted octanol–water partition coefficient (Wildman–Crippen LogP) is 5.09. The molecule has 1 aromatic heterocycles. The normalized spacial score (nSPS) is 12.7. The molecule has 0 aliphatic rings. The van der Waals surface area contributed by atoms with Gasteiger partial charge in [-0.2, -0.15) is 4.89 Å². The number of para-hydroxylation sites is 1. The summed E-state index contributed by atoms with van der Waals surface area (Å²) in [6.07, 6.45) is 2.80. The van der Waals surface area contributed by atoms with Crippen LogP contribution >= 0.6 is 31.0 Å². The van der Waals surface area contributed by atoms with Crippen LogP contribution in [0.4, 0.5) is 0 Å². The number of carbonyl (C=O) groups excluding carboxylic acids is 2. The van der Waals surface area contributed by atoms with Gasteiger partial charge in [0.25, 0.3) is 0 Å². The Bertz CT molecular complexity index is 1140. The summed E-state index contributed by atoms with van der Waals surface area (Å²) in [6, 6.07) is 12.2. The lowest BCUT2D eigenvalue weighted by Gasteiger charge is -2.10. The van der Waals surface area contributed by atoms with Gasteiger partial charge in [0.2, 0.25) is 5.91 Å². The first-order chi connectivity index (χ1) is 14.3. The quantitative estimate of drug-likeness (QED) is 0.290. The van der Waals surface area contributed by atoms with Crippen LogP contribution in [-0.4, -0.2) is 22.9 Å². The van der Waals surface area contributed by atoms with Crippen LogP contribution in [0, 0.1) is 0 Å². The molecule has 0 fully saturated rings. The number of fused-ring (bicyclic) bond motifs is 1. The topological polar surface area (TPSA) is 92.7 Å². The molecule has 30 heavy (non-hydrogen) atoms. The van der Waals surface area contributed by atoms with Crippen LogP contribution < -0.4 is 10.1 Å². The Balaban J connectivity index is 1.83. The summed E-state index contributed by atoms with van der Waals surface area (Å²) in [5, 5.41) is 5.78. The van der Waals surface area contributed by atoms with Gasteiger partial charge < -0.3 is 10.1 Å². The largest absolute Gasteiger partial charge is 0.506 e. The van der Waals surface area contributed by atoms with E-state index in [2.05, 4.69) is 5.32 Å². The first-order valence-corrected chi connectivity index (χ1v) is 11.5.